The maximum absolute atomic E-state index is 11.5. The molecule has 1 aromatic rings. The van der Waals surface area contributed by atoms with E-state index < -0.39 is 0 Å². The lowest BCUT2D eigenvalue weighted by Gasteiger charge is -2.13. The second-order valence-corrected chi connectivity index (χ2v) is 3.67. The van der Waals surface area contributed by atoms with E-state index in [1.807, 2.05) is 0 Å². The highest BCUT2D eigenvalue weighted by atomic mass is 16.1. The number of carbonyl (C=O) groups is 1. The Morgan fingerprint density at radius 3 is 3.07 bits per heavy atom. The Morgan fingerprint density at radius 2 is 2.29 bits per heavy atom. The van der Waals surface area contributed by atoms with Crippen molar-refractivity contribution in [2.45, 2.75) is 39.0 Å². The van der Waals surface area contributed by atoms with Crippen molar-refractivity contribution in [2.75, 3.05) is 0 Å². The Balaban J connectivity index is 2.34. The lowest BCUT2D eigenvalue weighted by atomic mass is 9.96. The summed E-state index contributed by atoms with van der Waals surface area (Å²) in [6.07, 6.45) is 6.18. The number of aromatic nitrogens is 2. The van der Waals surface area contributed by atoms with Gasteiger partial charge in [-0.15, -0.1) is 0 Å². The van der Waals surface area contributed by atoms with Crippen LogP contribution in [-0.4, -0.2) is 15.8 Å². The molecule has 0 spiro atoms. The van der Waals surface area contributed by atoms with Crippen LogP contribution in [0.3, 0.4) is 0 Å². The van der Waals surface area contributed by atoms with E-state index in [0.29, 0.717) is 6.42 Å². The van der Waals surface area contributed by atoms with E-state index in [2.05, 4.69) is 16.9 Å². The summed E-state index contributed by atoms with van der Waals surface area (Å²) in [5, 5.41) is 0. The highest BCUT2D eigenvalue weighted by molar-refractivity contribution is 5.97. The van der Waals surface area contributed by atoms with Gasteiger partial charge in [0.15, 0.2) is 5.78 Å². The first-order valence-electron chi connectivity index (χ1n) is 5.19. The Hall–Kier alpha value is -1.25. The molecule has 0 amide bonds. The predicted octanol–water partition coefficient (Wildman–Crippen LogP) is 1.95. The summed E-state index contributed by atoms with van der Waals surface area (Å²) in [5.74, 6) is 1.08. The zero-order valence-electron chi connectivity index (χ0n) is 8.42. The van der Waals surface area contributed by atoms with E-state index in [0.717, 1.165) is 42.8 Å². The average Bonchev–Trinajstić information content (AvgIpc) is 2.18. The van der Waals surface area contributed by atoms with Crippen LogP contribution in [0.15, 0.2) is 6.20 Å². The first-order valence-corrected chi connectivity index (χ1v) is 5.19. The summed E-state index contributed by atoms with van der Waals surface area (Å²) >= 11 is 0. The van der Waals surface area contributed by atoms with Gasteiger partial charge in [0.2, 0.25) is 0 Å². The fourth-order valence-corrected chi connectivity index (χ4v) is 1.78. The molecule has 74 valence electrons. The van der Waals surface area contributed by atoms with Gasteiger partial charge in [0.1, 0.15) is 5.82 Å². The van der Waals surface area contributed by atoms with Crippen LogP contribution in [0.2, 0.25) is 0 Å². The molecule has 3 heteroatoms. The van der Waals surface area contributed by atoms with Crippen LogP contribution in [-0.2, 0) is 12.8 Å². The number of Topliss-reactive ketones (excluding diaryl/α,β-unsaturated/α-hetero) is 1. The van der Waals surface area contributed by atoms with Crippen molar-refractivity contribution in [3.05, 3.63) is 23.3 Å². The molecule has 1 aliphatic carbocycles. The molecule has 0 bridgehead atoms. The molecule has 1 aliphatic rings. The van der Waals surface area contributed by atoms with Crippen LogP contribution in [0.4, 0.5) is 0 Å². The normalized spacial score (nSPS) is 15.4. The summed E-state index contributed by atoms with van der Waals surface area (Å²) in [6.45, 7) is 2.11. The molecule has 3 nitrogen and oxygen atoms in total. The molecule has 1 heterocycles. The number of hydrogen-bond donors (Lipinski definition) is 0. The summed E-state index contributed by atoms with van der Waals surface area (Å²) in [5.41, 5.74) is 1.70. The van der Waals surface area contributed by atoms with Gasteiger partial charge in [0.25, 0.3) is 0 Å². The number of nitrogens with zero attached hydrogens (tertiary/aromatic N) is 2. The van der Waals surface area contributed by atoms with Crippen molar-refractivity contribution in [1.82, 2.24) is 9.97 Å². The summed E-state index contributed by atoms with van der Waals surface area (Å²) < 4.78 is 0. The molecule has 0 saturated carbocycles. The van der Waals surface area contributed by atoms with Crippen LogP contribution >= 0.6 is 0 Å². The third-order valence-electron chi connectivity index (χ3n) is 2.51. The van der Waals surface area contributed by atoms with Crippen molar-refractivity contribution in [1.29, 1.82) is 0 Å². The van der Waals surface area contributed by atoms with Gasteiger partial charge in [-0.05, 0) is 19.3 Å². The number of hydrogen-bond acceptors (Lipinski definition) is 3. The molecular formula is C11H14N2O. The average molecular weight is 190 g/mol. The Kier molecular flexibility index (Phi) is 2.57. The lowest BCUT2D eigenvalue weighted by Crippen LogP contribution is -2.14. The maximum Gasteiger partial charge on any atom is 0.166 e. The molecule has 0 N–H and O–H groups in total. The highest BCUT2D eigenvalue weighted by Gasteiger charge is 2.18. The molecule has 0 fully saturated rings. The molecule has 0 unspecified atom stereocenters. The van der Waals surface area contributed by atoms with Crippen molar-refractivity contribution < 1.29 is 4.79 Å². The Labute approximate surface area is 83.6 Å². The predicted molar refractivity (Wildman–Crippen MR) is 53.3 cm³/mol. The van der Waals surface area contributed by atoms with E-state index >= 15 is 0 Å². The van der Waals surface area contributed by atoms with Gasteiger partial charge in [0, 0.05) is 19.0 Å². The third kappa shape index (κ3) is 1.67. The highest BCUT2D eigenvalue weighted by Crippen LogP contribution is 2.18. The van der Waals surface area contributed by atoms with Crippen molar-refractivity contribution >= 4 is 5.78 Å². The van der Waals surface area contributed by atoms with Gasteiger partial charge in [0.05, 0.1) is 11.3 Å². The van der Waals surface area contributed by atoms with E-state index in [1.54, 1.807) is 6.20 Å². The standard InChI is InChI=1S/C11H14N2O/c1-2-4-11-12-7-8-9(13-11)5-3-6-10(8)14/h7H,2-6H2,1H3. The van der Waals surface area contributed by atoms with Crippen LogP contribution in [0.25, 0.3) is 0 Å². The fourth-order valence-electron chi connectivity index (χ4n) is 1.78. The van der Waals surface area contributed by atoms with Gasteiger partial charge in [-0.25, -0.2) is 9.97 Å². The zero-order chi connectivity index (χ0) is 9.97. The minimum absolute atomic E-state index is 0.203. The van der Waals surface area contributed by atoms with E-state index in [4.69, 9.17) is 0 Å². The largest absolute Gasteiger partial charge is 0.294 e. The molecule has 14 heavy (non-hydrogen) atoms. The number of carbonyl (C=O) groups excluding carboxylic acids is 1. The summed E-state index contributed by atoms with van der Waals surface area (Å²) in [4.78, 5) is 20.1. The lowest BCUT2D eigenvalue weighted by molar-refractivity contribution is 0.0971. The molecule has 0 radical (unpaired) electrons. The van der Waals surface area contributed by atoms with Gasteiger partial charge in [-0.2, -0.15) is 0 Å². The minimum atomic E-state index is 0.203. The first-order chi connectivity index (χ1) is 6.81. The number of rotatable bonds is 2. The molecule has 0 atom stereocenters. The molecule has 0 aromatic carbocycles. The van der Waals surface area contributed by atoms with Crippen molar-refractivity contribution in [2.24, 2.45) is 0 Å². The van der Waals surface area contributed by atoms with Gasteiger partial charge in [-0.3, -0.25) is 4.79 Å². The number of ketones is 1. The van der Waals surface area contributed by atoms with Gasteiger partial charge < -0.3 is 0 Å². The summed E-state index contributed by atoms with van der Waals surface area (Å²) in [6, 6.07) is 0. The minimum Gasteiger partial charge on any atom is -0.294 e. The zero-order valence-corrected chi connectivity index (χ0v) is 8.42. The smallest absolute Gasteiger partial charge is 0.166 e. The Bertz CT molecular complexity index is 360. The molecule has 1 aromatic heterocycles. The molecule has 0 aliphatic heterocycles. The van der Waals surface area contributed by atoms with Crippen LogP contribution in [0, 0.1) is 0 Å². The van der Waals surface area contributed by atoms with Gasteiger partial charge in [-0.1, -0.05) is 6.92 Å². The quantitative estimate of drug-likeness (QED) is 0.715. The Morgan fingerprint density at radius 1 is 1.43 bits per heavy atom. The second kappa shape index (κ2) is 3.86. The van der Waals surface area contributed by atoms with Crippen LogP contribution < -0.4 is 0 Å². The number of aryl methyl sites for hydroxylation is 2. The SMILES string of the molecule is CCCc1ncc2c(n1)CCCC2=O. The van der Waals surface area contributed by atoms with Crippen LogP contribution in [0.5, 0.6) is 0 Å². The van der Waals surface area contributed by atoms with Crippen molar-refractivity contribution in [3.8, 4) is 0 Å². The third-order valence-corrected chi connectivity index (χ3v) is 2.51. The second-order valence-electron chi connectivity index (χ2n) is 3.67. The van der Waals surface area contributed by atoms with E-state index in [1.165, 1.54) is 0 Å². The fraction of sp³-hybridized carbons (Fsp3) is 0.545. The number of fused-ring (bicyclic) bond motifs is 1. The van der Waals surface area contributed by atoms with E-state index in [9.17, 15) is 4.79 Å². The van der Waals surface area contributed by atoms with E-state index in [-0.39, 0.29) is 5.78 Å². The molecule has 2 rings (SSSR count). The van der Waals surface area contributed by atoms with Crippen LogP contribution in [0.1, 0.15) is 48.1 Å². The maximum atomic E-state index is 11.5. The molecular weight excluding hydrogens is 176 g/mol. The van der Waals surface area contributed by atoms with Crippen molar-refractivity contribution in [3.63, 3.8) is 0 Å². The molecule has 0 saturated heterocycles. The monoisotopic (exact) mass is 190 g/mol. The first kappa shape index (κ1) is 9.31. The summed E-state index contributed by atoms with van der Waals surface area (Å²) in [7, 11) is 0. The topological polar surface area (TPSA) is 42.9 Å². The van der Waals surface area contributed by atoms with Gasteiger partial charge >= 0.3 is 0 Å².